The lowest BCUT2D eigenvalue weighted by atomic mass is 10.2. The second-order valence-corrected chi connectivity index (χ2v) is 3.24. The minimum Gasteiger partial charge on any atom is -0.494 e. The lowest BCUT2D eigenvalue weighted by Gasteiger charge is -2.05. The first-order valence-electron chi connectivity index (χ1n) is 5.08. The van der Waals surface area contributed by atoms with Crippen molar-refractivity contribution in [1.29, 1.82) is 0 Å². The van der Waals surface area contributed by atoms with Gasteiger partial charge in [0, 0.05) is 6.61 Å². The lowest BCUT2D eigenvalue weighted by Crippen LogP contribution is -1.97. The van der Waals surface area contributed by atoms with E-state index >= 15 is 0 Å². The Hall–Kier alpha value is -1.53. The highest BCUT2D eigenvalue weighted by Crippen LogP contribution is 2.17. The average molecular weight is 205 g/mol. The van der Waals surface area contributed by atoms with E-state index in [9.17, 15) is 0 Å². The molecule has 1 N–H and O–H groups in total. The number of hydrogen-bond acceptors (Lipinski definition) is 2. The molecule has 0 heterocycles. The van der Waals surface area contributed by atoms with Gasteiger partial charge in [0.05, 0.1) is 13.2 Å². The van der Waals surface area contributed by atoms with E-state index in [2.05, 4.69) is 4.85 Å². The second-order valence-electron chi connectivity index (χ2n) is 3.24. The van der Waals surface area contributed by atoms with Crippen LogP contribution in [0.3, 0.4) is 0 Å². The Bertz CT molecular complexity index is 313. The monoisotopic (exact) mass is 205 g/mol. The van der Waals surface area contributed by atoms with Crippen LogP contribution in [-0.4, -0.2) is 18.3 Å². The molecule has 3 nitrogen and oxygen atoms in total. The van der Waals surface area contributed by atoms with Gasteiger partial charge in [-0.25, -0.2) is 4.85 Å². The zero-order valence-electron chi connectivity index (χ0n) is 8.65. The summed E-state index contributed by atoms with van der Waals surface area (Å²) in [7, 11) is 0. The highest BCUT2D eigenvalue weighted by molar-refractivity contribution is 5.46. The second kappa shape index (κ2) is 6.86. The number of unbranched alkanes of at least 4 members (excludes halogenated alkanes) is 2. The Morgan fingerprint density at radius 2 is 1.87 bits per heavy atom. The molecular weight excluding hydrogens is 190 g/mol. The summed E-state index contributed by atoms with van der Waals surface area (Å²) < 4.78 is 5.47. The van der Waals surface area contributed by atoms with Crippen LogP contribution in [0.5, 0.6) is 5.75 Å². The van der Waals surface area contributed by atoms with Crippen molar-refractivity contribution in [3.05, 3.63) is 35.7 Å². The SMILES string of the molecule is [C-]#[N+]c1ccc(OCCCCCO)cc1. The number of rotatable bonds is 6. The van der Waals surface area contributed by atoms with Crippen molar-refractivity contribution >= 4 is 5.69 Å². The van der Waals surface area contributed by atoms with Crippen molar-refractivity contribution in [2.45, 2.75) is 19.3 Å². The highest BCUT2D eigenvalue weighted by Gasteiger charge is 1.94. The van der Waals surface area contributed by atoms with Gasteiger partial charge in [-0.05, 0) is 31.4 Å². The Morgan fingerprint density at radius 1 is 1.13 bits per heavy atom. The number of nitrogens with zero attached hydrogens (tertiary/aromatic N) is 1. The topological polar surface area (TPSA) is 33.8 Å². The quantitative estimate of drug-likeness (QED) is 0.572. The van der Waals surface area contributed by atoms with Crippen molar-refractivity contribution in [3.63, 3.8) is 0 Å². The molecule has 0 spiro atoms. The molecule has 0 aliphatic heterocycles. The number of benzene rings is 1. The van der Waals surface area contributed by atoms with Crippen molar-refractivity contribution in [2.24, 2.45) is 0 Å². The van der Waals surface area contributed by atoms with E-state index in [1.54, 1.807) is 24.3 Å². The fraction of sp³-hybridized carbons (Fsp3) is 0.417. The normalized spacial score (nSPS) is 9.60. The molecule has 0 saturated heterocycles. The molecule has 0 aromatic heterocycles. The summed E-state index contributed by atoms with van der Waals surface area (Å²) in [6.45, 7) is 7.70. The average Bonchev–Trinajstić information content (AvgIpc) is 2.30. The van der Waals surface area contributed by atoms with Gasteiger partial charge < -0.3 is 9.84 Å². The van der Waals surface area contributed by atoms with Crippen LogP contribution in [0.15, 0.2) is 24.3 Å². The standard InChI is InChI=1S/C12H15NO2/c1-13-11-5-7-12(8-6-11)15-10-4-2-3-9-14/h5-8,14H,2-4,9-10H2. The summed E-state index contributed by atoms with van der Waals surface area (Å²) in [5.74, 6) is 0.798. The maximum Gasteiger partial charge on any atom is 0.187 e. The molecule has 0 fully saturated rings. The molecule has 1 aromatic rings. The van der Waals surface area contributed by atoms with Crippen LogP contribution in [0.1, 0.15) is 19.3 Å². The summed E-state index contributed by atoms with van der Waals surface area (Å²) in [4.78, 5) is 3.30. The van der Waals surface area contributed by atoms with Crippen LogP contribution in [0.2, 0.25) is 0 Å². The number of hydrogen-bond donors (Lipinski definition) is 1. The van der Waals surface area contributed by atoms with E-state index < -0.39 is 0 Å². The van der Waals surface area contributed by atoms with Crippen LogP contribution in [-0.2, 0) is 0 Å². The Balaban J connectivity index is 2.23. The molecule has 0 unspecified atom stereocenters. The fourth-order valence-electron chi connectivity index (χ4n) is 1.20. The predicted octanol–water partition coefficient (Wildman–Crippen LogP) is 2.78. The molecule has 0 aliphatic carbocycles. The summed E-state index contributed by atoms with van der Waals surface area (Å²) in [6.07, 6.45) is 2.77. The van der Waals surface area contributed by atoms with Crippen molar-refractivity contribution in [3.8, 4) is 5.75 Å². The molecule has 0 bridgehead atoms. The Labute approximate surface area is 90.1 Å². The van der Waals surface area contributed by atoms with E-state index in [4.69, 9.17) is 16.4 Å². The molecule has 3 heteroatoms. The Kier molecular flexibility index (Phi) is 5.28. The molecule has 0 atom stereocenters. The smallest absolute Gasteiger partial charge is 0.187 e. The van der Waals surface area contributed by atoms with Crippen LogP contribution >= 0.6 is 0 Å². The van der Waals surface area contributed by atoms with Crippen molar-refractivity contribution in [2.75, 3.05) is 13.2 Å². The van der Waals surface area contributed by atoms with Gasteiger partial charge in [-0.15, -0.1) is 0 Å². The maximum atomic E-state index is 8.57. The summed E-state index contributed by atoms with van der Waals surface area (Å²) >= 11 is 0. The van der Waals surface area contributed by atoms with Crippen molar-refractivity contribution < 1.29 is 9.84 Å². The van der Waals surface area contributed by atoms with Gasteiger partial charge in [-0.3, -0.25) is 0 Å². The zero-order valence-corrected chi connectivity index (χ0v) is 8.65. The number of aliphatic hydroxyl groups excluding tert-OH is 1. The summed E-state index contributed by atoms with van der Waals surface area (Å²) in [6, 6.07) is 7.10. The van der Waals surface area contributed by atoms with Gasteiger partial charge in [0.15, 0.2) is 5.69 Å². The molecule has 1 rings (SSSR count). The van der Waals surface area contributed by atoms with Crippen LogP contribution in [0.4, 0.5) is 5.69 Å². The molecule has 0 amide bonds. The maximum absolute atomic E-state index is 8.57. The molecule has 0 saturated carbocycles. The molecule has 80 valence electrons. The van der Waals surface area contributed by atoms with Crippen LogP contribution < -0.4 is 4.74 Å². The predicted molar refractivity (Wildman–Crippen MR) is 59.1 cm³/mol. The van der Waals surface area contributed by atoms with E-state index in [0.29, 0.717) is 12.3 Å². The number of aliphatic hydroxyl groups is 1. The third kappa shape index (κ3) is 4.48. The highest BCUT2D eigenvalue weighted by atomic mass is 16.5. The van der Waals surface area contributed by atoms with E-state index in [1.165, 1.54) is 0 Å². The number of ether oxygens (including phenoxy) is 1. The van der Waals surface area contributed by atoms with Crippen molar-refractivity contribution in [1.82, 2.24) is 0 Å². The fourth-order valence-corrected chi connectivity index (χ4v) is 1.20. The Morgan fingerprint density at radius 3 is 2.47 bits per heavy atom. The first-order valence-corrected chi connectivity index (χ1v) is 5.08. The van der Waals surface area contributed by atoms with Crippen LogP contribution in [0.25, 0.3) is 4.85 Å². The third-order valence-electron chi connectivity index (χ3n) is 2.04. The van der Waals surface area contributed by atoms with Gasteiger partial charge in [0.1, 0.15) is 5.75 Å². The third-order valence-corrected chi connectivity index (χ3v) is 2.04. The largest absolute Gasteiger partial charge is 0.494 e. The van der Waals surface area contributed by atoms with Crippen LogP contribution in [0, 0.1) is 6.57 Å². The van der Waals surface area contributed by atoms with Gasteiger partial charge >= 0.3 is 0 Å². The van der Waals surface area contributed by atoms with E-state index in [-0.39, 0.29) is 6.61 Å². The van der Waals surface area contributed by atoms with Gasteiger partial charge in [0.25, 0.3) is 0 Å². The van der Waals surface area contributed by atoms with Gasteiger partial charge in [-0.1, -0.05) is 12.1 Å². The zero-order chi connectivity index (χ0) is 10.9. The first-order chi connectivity index (χ1) is 7.36. The summed E-state index contributed by atoms with van der Waals surface area (Å²) in [5, 5.41) is 8.57. The minimum absolute atomic E-state index is 0.250. The molecule has 0 radical (unpaired) electrons. The molecular formula is C12H15NO2. The lowest BCUT2D eigenvalue weighted by molar-refractivity contribution is 0.266. The minimum atomic E-state index is 0.250. The van der Waals surface area contributed by atoms with Gasteiger partial charge in [0.2, 0.25) is 0 Å². The first kappa shape index (κ1) is 11.5. The summed E-state index contributed by atoms with van der Waals surface area (Å²) in [5.41, 5.74) is 0.627. The van der Waals surface area contributed by atoms with E-state index in [0.717, 1.165) is 25.0 Å². The molecule has 1 aromatic carbocycles. The van der Waals surface area contributed by atoms with Gasteiger partial charge in [-0.2, -0.15) is 0 Å². The molecule has 0 aliphatic rings. The van der Waals surface area contributed by atoms with E-state index in [1.807, 2.05) is 0 Å². The molecule has 15 heavy (non-hydrogen) atoms.